The van der Waals surface area contributed by atoms with Crippen LogP contribution in [0, 0.1) is 11.3 Å². The number of unbranched alkanes of at least 4 members (excludes halogenated alkanes) is 4. The fraction of sp³-hybridized carbons (Fsp3) is 0.500. The van der Waals surface area contributed by atoms with E-state index >= 15 is 0 Å². The highest BCUT2D eigenvalue weighted by atomic mass is 14.2. The van der Waals surface area contributed by atoms with Crippen LogP contribution in [0.2, 0.25) is 0 Å². The third-order valence-corrected chi connectivity index (χ3v) is 2.06. The Labute approximate surface area is 93.8 Å². The Hall–Kier alpha value is -1.29. The third-order valence-electron chi connectivity index (χ3n) is 2.06. The summed E-state index contributed by atoms with van der Waals surface area (Å²) in [6.07, 6.45) is 17.9. The first-order valence-electron chi connectivity index (χ1n) is 5.69. The molecule has 0 rings (SSSR count). The van der Waals surface area contributed by atoms with Crippen molar-refractivity contribution in [2.75, 3.05) is 0 Å². The van der Waals surface area contributed by atoms with Gasteiger partial charge in [-0.3, -0.25) is 0 Å². The summed E-state index contributed by atoms with van der Waals surface area (Å²) in [7, 11) is 0. The number of hydrogen-bond donors (Lipinski definition) is 0. The average molecular weight is 203 g/mol. The van der Waals surface area contributed by atoms with Crippen molar-refractivity contribution in [2.45, 2.75) is 44.9 Å². The minimum atomic E-state index is 0.539. The molecule has 0 aliphatic carbocycles. The van der Waals surface area contributed by atoms with Crippen LogP contribution in [0.15, 0.2) is 37.0 Å². The van der Waals surface area contributed by atoms with Crippen molar-refractivity contribution in [3.63, 3.8) is 0 Å². The number of hydrogen-bond acceptors (Lipinski definition) is 1. The predicted octanol–water partition coefficient (Wildman–Crippen LogP) is 4.54. The first kappa shape index (κ1) is 13.7. The van der Waals surface area contributed by atoms with Gasteiger partial charge in [-0.1, -0.05) is 30.4 Å². The minimum Gasteiger partial charge on any atom is -0.198 e. The number of allylic oxidation sites excluding steroid dienone is 5. The van der Waals surface area contributed by atoms with E-state index in [-0.39, 0.29) is 0 Å². The van der Waals surface area contributed by atoms with Gasteiger partial charge in [-0.15, -0.1) is 6.58 Å². The van der Waals surface area contributed by atoms with Crippen LogP contribution < -0.4 is 0 Å². The van der Waals surface area contributed by atoms with Crippen LogP contribution in [-0.2, 0) is 0 Å². The molecule has 0 fully saturated rings. The molecule has 0 unspecified atom stereocenters. The molecule has 0 amide bonds. The first-order chi connectivity index (χ1) is 7.41. The van der Waals surface area contributed by atoms with E-state index in [0.717, 1.165) is 25.7 Å². The molecule has 0 aliphatic heterocycles. The molecule has 0 saturated heterocycles. The van der Waals surface area contributed by atoms with Crippen LogP contribution >= 0.6 is 0 Å². The van der Waals surface area contributed by atoms with Crippen LogP contribution in [0.3, 0.4) is 0 Å². The lowest BCUT2D eigenvalue weighted by Crippen LogP contribution is -1.71. The van der Waals surface area contributed by atoms with Gasteiger partial charge in [0, 0.05) is 0 Å². The summed E-state index contributed by atoms with van der Waals surface area (Å²) in [6.45, 7) is 3.69. The van der Waals surface area contributed by atoms with Gasteiger partial charge >= 0.3 is 0 Å². The molecule has 0 aromatic rings. The molecule has 15 heavy (non-hydrogen) atoms. The maximum absolute atomic E-state index is 8.29. The fourth-order valence-corrected chi connectivity index (χ4v) is 1.22. The van der Waals surface area contributed by atoms with Crippen molar-refractivity contribution in [3.8, 4) is 6.07 Å². The van der Waals surface area contributed by atoms with Gasteiger partial charge in [0.1, 0.15) is 0 Å². The topological polar surface area (TPSA) is 23.8 Å². The zero-order chi connectivity index (χ0) is 11.2. The summed E-state index contributed by atoms with van der Waals surface area (Å²) in [4.78, 5) is 0. The van der Waals surface area contributed by atoms with Crippen molar-refractivity contribution < 1.29 is 0 Å². The smallest absolute Gasteiger partial charge is 0.0663 e. The Balaban J connectivity index is 3.16. The SMILES string of the molecule is C=CCCC/C=C/CCC/C=C/CC#N. The molecule has 0 radical (unpaired) electrons. The zero-order valence-corrected chi connectivity index (χ0v) is 9.49. The summed E-state index contributed by atoms with van der Waals surface area (Å²) in [5.41, 5.74) is 0. The quantitative estimate of drug-likeness (QED) is 0.398. The molecule has 0 spiro atoms. The summed E-state index contributed by atoms with van der Waals surface area (Å²) >= 11 is 0. The van der Waals surface area contributed by atoms with Crippen molar-refractivity contribution >= 4 is 0 Å². The van der Waals surface area contributed by atoms with E-state index in [0.29, 0.717) is 6.42 Å². The van der Waals surface area contributed by atoms with Crippen LogP contribution in [0.4, 0.5) is 0 Å². The molecule has 1 nitrogen and oxygen atoms in total. The highest BCUT2D eigenvalue weighted by Gasteiger charge is 1.82. The van der Waals surface area contributed by atoms with Crippen molar-refractivity contribution in [3.05, 3.63) is 37.0 Å². The van der Waals surface area contributed by atoms with Crippen molar-refractivity contribution in [1.82, 2.24) is 0 Å². The molecule has 1 heteroatoms. The highest BCUT2D eigenvalue weighted by Crippen LogP contribution is 2.01. The lowest BCUT2D eigenvalue weighted by atomic mass is 10.2. The monoisotopic (exact) mass is 203 g/mol. The second kappa shape index (κ2) is 12.7. The second-order valence-electron chi connectivity index (χ2n) is 3.46. The molecule has 0 bridgehead atoms. The van der Waals surface area contributed by atoms with E-state index in [1.807, 2.05) is 12.2 Å². The molecule has 0 aromatic carbocycles. The lowest BCUT2D eigenvalue weighted by molar-refractivity contribution is 0.841. The number of nitriles is 1. The normalized spacial score (nSPS) is 10.9. The molecule has 0 N–H and O–H groups in total. The van der Waals surface area contributed by atoms with Gasteiger partial charge in [-0.2, -0.15) is 5.26 Å². The van der Waals surface area contributed by atoms with Crippen LogP contribution in [0.1, 0.15) is 44.9 Å². The highest BCUT2D eigenvalue weighted by molar-refractivity contribution is 4.91. The molecule has 82 valence electrons. The standard InChI is InChI=1S/C14H21N/c1-2-3-4-5-6-7-8-9-10-11-12-13-14-15/h2,6-7,11-12H,1,3-5,8-10,13H2/b7-6+,12-11+. The van der Waals surface area contributed by atoms with Crippen LogP contribution in [-0.4, -0.2) is 0 Å². The van der Waals surface area contributed by atoms with E-state index in [9.17, 15) is 0 Å². The number of nitrogens with zero attached hydrogens (tertiary/aromatic N) is 1. The maximum atomic E-state index is 8.29. The van der Waals surface area contributed by atoms with Gasteiger partial charge in [0.05, 0.1) is 12.5 Å². The van der Waals surface area contributed by atoms with E-state index < -0.39 is 0 Å². The van der Waals surface area contributed by atoms with Gasteiger partial charge in [0.2, 0.25) is 0 Å². The van der Waals surface area contributed by atoms with Crippen LogP contribution in [0.25, 0.3) is 0 Å². The van der Waals surface area contributed by atoms with E-state index in [1.165, 1.54) is 12.8 Å². The Morgan fingerprint density at radius 1 is 0.867 bits per heavy atom. The summed E-state index contributed by atoms with van der Waals surface area (Å²) in [5.74, 6) is 0. The summed E-state index contributed by atoms with van der Waals surface area (Å²) < 4.78 is 0. The average Bonchev–Trinajstić information content (AvgIpc) is 2.26. The van der Waals surface area contributed by atoms with Crippen molar-refractivity contribution in [1.29, 1.82) is 5.26 Å². The van der Waals surface area contributed by atoms with Crippen molar-refractivity contribution in [2.24, 2.45) is 0 Å². The first-order valence-corrected chi connectivity index (χ1v) is 5.69. The molecule has 0 heterocycles. The van der Waals surface area contributed by atoms with Gasteiger partial charge in [0.15, 0.2) is 0 Å². The van der Waals surface area contributed by atoms with Gasteiger partial charge < -0.3 is 0 Å². The zero-order valence-electron chi connectivity index (χ0n) is 9.49. The molecular formula is C14H21N. The summed E-state index contributed by atoms with van der Waals surface area (Å²) in [5, 5.41) is 8.29. The Bertz CT molecular complexity index is 230. The van der Waals surface area contributed by atoms with Gasteiger partial charge in [-0.25, -0.2) is 0 Å². The maximum Gasteiger partial charge on any atom is 0.0663 e. The van der Waals surface area contributed by atoms with Gasteiger partial charge in [0.25, 0.3) is 0 Å². The lowest BCUT2D eigenvalue weighted by Gasteiger charge is -1.91. The van der Waals surface area contributed by atoms with E-state index in [4.69, 9.17) is 5.26 Å². The van der Waals surface area contributed by atoms with Crippen LogP contribution in [0.5, 0.6) is 0 Å². The third kappa shape index (κ3) is 12.7. The summed E-state index contributed by atoms with van der Waals surface area (Å²) in [6, 6.07) is 2.09. The molecular weight excluding hydrogens is 182 g/mol. The molecule has 0 aliphatic rings. The Morgan fingerprint density at radius 3 is 1.93 bits per heavy atom. The second-order valence-corrected chi connectivity index (χ2v) is 3.46. The Morgan fingerprint density at radius 2 is 1.40 bits per heavy atom. The fourth-order valence-electron chi connectivity index (χ4n) is 1.22. The molecule has 0 atom stereocenters. The molecule has 0 saturated carbocycles. The van der Waals surface area contributed by atoms with E-state index in [1.54, 1.807) is 0 Å². The molecule has 0 aromatic heterocycles. The Kier molecular flexibility index (Phi) is 11.6. The van der Waals surface area contributed by atoms with E-state index in [2.05, 4.69) is 30.9 Å². The largest absolute Gasteiger partial charge is 0.198 e. The predicted molar refractivity (Wildman–Crippen MR) is 66.4 cm³/mol. The number of rotatable bonds is 9. The van der Waals surface area contributed by atoms with Gasteiger partial charge in [-0.05, 0) is 38.5 Å². The minimum absolute atomic E-state index is 0.539.